The van der Waals surface area contributed by atoms with Crippen LogP contribution in [0.5, 0.6) is 0 Å². The fourth-order valence-electron chi connectivity index (χ4n) is 3.35. The van der Waals surface area contributed by atoms with Crippen molar-refractivity contribution in [3.63, 3.8) is 0 Å². The van der Waals surface area contributed by atoms with Crippen molar-refractivity contribution in [3.8, 4) is 0 Å². The first-order chi connectivity index (χ1) is 9.72. The van der Waals surface area contributed by atoms with Crippen LogP contribution in [0.1, 0.15) is 34.5 Å². The van der Waals surface area contributed by atoms with Gasteiger partial charge in [-0.25, -0.2) is 0 Å². The van der Waals surface area contributed by atoms with Crippen molar-refractivity contribution in [2.45, 2.75) is 31.8 Å². The van der Waals surface area contributed by atoms with Gasteiger partial charge in [-0.2, -0.15) is 0 Å². The number of carbonyl (C=O) groups excluding carboxylic acids is 1. The highest BCUT2D eigenvalue weighted by molar-refractivity contribution is 5.99. The van der Waals surface area contributed by atoms with E-state index in [0.717, 1.165) is 18.4 Å². The lowest BCUT2D eigenvalue weighted by molar-refractivity contribution is 0.00590. The van der Waals surface area contributed by atoms with E-state index in [1.54, 1.807) is 4.90 Å². The molecule has 2 N–H and O–H groups in total. The highest BCUT2D eigenvalue weighted by Gasteiger charge is 2.29. The van der Waals surface area contributed by atoms with E-state index in [2.05, 4.69) is 11.1 Å². The molecule has 1 saturated heterocycles. The van der Waals surface area contributed by atoms with Crippen LogP contribution < -0.4 is 0 Å². The Labute approximate surface area is 117 Å². The molecule has 20 heavy (non-hydrogen) atoms. The maximum Gasteiger partial charge on any atom is 0.254 e. The van der Waals surface area contributed by atoms with Crippen LogP contribution in [-0.4, -0.2) is 40.1 Å². The molecular formula is C16H18N2O2. The zero-order valence-corrected chi connectivity index (χ0v) is 11.4. The first-order valence-electron chi connectivity index (χ1n) is 7.33. The fourth-order valence-corrected chi connectivity index (χ4v) is 3.35. The van der Waals surface area contributed by atoms with Gasteiger partial charge in [0.05, 0.1) is 6.10 Å². The molecule has 1 fully saturated rings. The van der Waals surface area contributed by atoms with Crippen LogP contribution in [0.25, 0.3) is 10.9 Å². The third-order valence-electron chi connectivity index (χ3n) is 4.49. The van der Waals surface area contributed by atoms with Gasteiger partial charge in [-0.15, -0.1) is 0 Å². The smallest absolute Gasteiger partial charge is 0.254 e. The number of nitrogens with zero attached hydrogens (tertiary/aromatic N) is 1. The number of aromatic nitrogens is 1. The molecule has 2 aliphatic rings. The summed E-state index contributed by atoms with van der Waals surface area (Å²) in [6.07, 6.45) is 4.41. The maximum absolute atomic E-state index is 12.3. The summed E-state index contributed by atoms with van der Waals surface area (Å²) < 4.78 is 0. The normalized spacial score (nSPS) is 18.9. The molecule has 2 aromatic rings. The summed E-state index contributed by atoms with van der Waals surface area (Å²) in [6.45, 7) is 0.913. The van der Waals surface area contributed by atoms with Gasteiger partial charge in [0.2, 0.25) is 0 Å². The number of aliphatic hydroxyl groups excluding tert-OH is 1. The molecule has 4 nitrogen and oxygen atoms in total. The van der Waals surface area contributed by atoms with E-state index in [1.807, 2.05) is 12.1 Å². The van der Waals surface area contributed by atoms with Gasteiger partial charge in [0, 0.05) is 35.2 Å². The van der Waals surface area contributed by atoms with Crippen LogP contribution in [-0.2, 0) is 12.8 Å². The molecule has 0 saturated carbocycles. The largest absolute Gasteiger partial charge is 0.389 e. The average molecular weight is 270 g/mol. The van der Waals surface area contributed by atoms with Crippen molar-refractivity contribution in [1.82, 2.24) is 9.88 Å². The number of rotatable bonds is 1. The lowest BCUT2D eigenvalue weighted by atomic mass is 9.95. The van der Waals surface area contributed by atoms with Crippen molar-refractivity contribution in [3.05, 3.63) is 35.0 Å². The lowest BCUT2D eigenvalue weighted by Gasteiger charge is -2.35. The van der Waals surface area contributed by atoms with E-state index in [4.69, 9.17) is 0 Å². The molecule has 1 aliphatic carbocycles. The summed E-state index contributed by atoms with van der Waals surface area (Å²) in [7, 11) is 0. The standard InChI is InChI=1S/C16H18N2O2/c19-11-8-18(9-11)16(20)10-5-6-13-12-3-1-2-4-14(12)17-15(13)7-10/h5-7,11,17,19H,1-4,8-9H2. The zero-order valence-electron chi connectivity index (χ0n) is 11.4. The second-order valence-electron chi connectivity index (χ2n) is 5.91. The van der Waals surface area contributed by atoms with Gasteiger partial charge in [0.25, 0.3) is 5.91 Å². The van der Waals surface area contributed by atoms with Crippen molar-refractivity contribution >= 4 is 16.8 Å². The summed E-state index contributed by atoms with van der Waals surface area (Å²) in [5, 5.41) is 10.6. The van der Waals surface area contributed by atoms with Gasteiger partial charge < -0.3 is 15.0 Å². The van der Waals surface area contributed by atoms with Crippen LogP contribution in [0.3, 0.4) is 0 Å². The number of aromatic amines is 1. The first kappa shape index (κ1) is 12.0. The number of aryl methyl sites for hydroxylation is 2. The fraction of sp³-hybridized carbons (Fsp3) is 0.438. The summed E-state index contributed by atoms with van der Waals surface area (Å²) in [6, 6.07) is 5.94. The number of H-pyrrole nitrogens is 1. The minimum atomic E-state index is -0.347. The number of nitrogens with one attached hydrogen (secondary N) is 1. The second-order valence-corrected chi connectivity index (χ2v) is 5.91. The van der Waals surface area contributed by atoms with E-state index < -0.39 is 0 Å². The molecule has 1 aromatic carbocycles. The Morgan fingerprint density at radius 1 is 1.25 bits per heavy atom. The molecule has 0 radical (unpaired) electrons. The van der Waals surface area contributed by atoms with Gasteiger partial charge in [0.1, 0.15) is 0 Å². The number of benzene rings is 1. The van der Waals surface area contributed by atoms with Crippen molar-refractivity contribution in [1.29, 1.82) is 0 Å². The summed E-state index contributed by atoms with van der Waals surface area (Å²) in [5.41, 5.74) is 4.56. The monoisotopic (exact) mass is 270 g/mol. The number of likely N-dealkylation sites (tertiary alicyclic amines) is 1. The number of fused-ring (bicyclic) bond motifs is 3. The molecule has 104 valence electrons. The third kappa shape index (κ3) is 1.75. The molecule has 1 amide bonds. The highest BCUT2D eigenvalue weighted by Crippen LogP contribution is 2.30. The Kier molecular flexibility index (Phi) is 2.60. The first-order valence-corrected chi connectivity index (χ1v) is 7.33. The number of carbonyl (C=O) groups is 1. The van der Waals surface area contributed by atoms with Gasteiger partial charge in [0.15, 0.2) is 0 Å². The van der Waals surface area contributed by atoms with Gasteiger partial charge >= 0.3 is 0 Å². The minimum Gasteiger partial charge on any atom is -0.389 e. The predicted octanol–water partition coefficient (Wildman–Crippen LogP) is 1.86. The highest BCUT2D eigenvalue weighted by atomic mass is 16.3. The zero-order chi connectivity index (χ0) is 13.7. The molecule has 0 unspecified atom stereocenters. The van der Waals surface area contributed by atoms with E-state index in [9.17, 15) is 9.90 Å². The van der Waals surface area contributed by atoms with E-state index in [1.165, 1.54) is 29.5 Å². The third-order valence-corrected chi connectivity index (χ3v) is 4.49. The van der Waals surface area contributed by atoms with Crippen molar-refractivity contribution in [2.75, 3.05) is 13.1 Å². The molecule has 0 spiro atoms. The lowest BCUT2D eigenvalue weighted by Crippen LogP contribution is -2.53. The van der Waals surface area contributed by atoms with Crippen LogP contribution in [0.4, 0.5) is 0 Å². The van der Waals surface area contributed by atoms with Crippen molar-refractivity contribution < 1.29 is 9.90 Å². The summed E-state index contributed by atoms with van der Waals surface area (Å²) in [4.78, 5) is 17.4. The molecular weight excluding hydrogens is 252 g/mol. The number of β-amino-alcohol motifs (C(OH)–C–C–N with tert-alkyl or cyclic N) is 1. The SMILES string of the molecule is O=C(c1ccc2c3c([nH]c2c1)CCCC3)N1CC(O)C1. The molecule has 4 rings (SSSR count). The Bertz CT molecular complexity index is 683. The Balaban J connectivity index is 1.70. The molecule has 0 bridgehead atoms. The van der Waals surface area contributed by atoms with E-state index >= 15 is 0 Å². The summed E-state index contributed by atoms with van der Waals surface area (Å²) >= 11 is 0. The second kappa shape index (κ2) is 4.35. The maximum atomic E-state index is 12.3. The van der Waals surface area contributed by atoms with Crippen LogP contribution in [0.15, 0.2) is 18.2 Å². The molecule has 1 aromatic heterocycles. The van der Waals surface area contributed by atoms with Crippen LogP contribution in [0, 0.1) is 0 Å². The predicted molar refractivity (Wildman–Crippen MR) is 76.9 cm³/mol. The van der Waals surface area contributed by atoms with Gasteiger partial charge in [-0.3, -0.25) is 4.79 Å². The molecule has 2 heterocycles. The van der Waals surface area contributed by atoms with E-state index in [0.29, 0.717) is 18.7 Å². The number of aliphatic hydroxyl groups is 1. The van der Waals surface area contributed by atoms with Crippen molar-refractivity contribution in [2.24, 2.45) is 0 Å². The summed E-state index contributed by atoms with van der Waals surface area (Å²) in [5.74, 6) is 0.0183. The number of amides is 1. The van der Waals surface area contributed by atoms with Crippen LogP contribution in [0.2, 0.25) is 0 Å². The minimum absolute atomic E-state index is 0.0183. The van der Waals surface area contributed by atoms with Gasteiger partial charge in [-0.05, 0) is 43.4 Å². The Morgan fingerprint density at radius 3 is 2.85 bits per heavy atom. The Morgan fingerprint density at radius 2 is 2.05 bits per heavy atom. The Hall–Kier alpha value is -1.81. The van der Waals surface area contributed by atoms with Crippen LogP contribution >= 0.6 is 0 Å². The molecule has 4 heteroatoms. The quantitative estimate of drug-likeness (QED) is 0.831. The van der Waals surface area contributed by atoms with Gasteiger partial charge in [-0.1, -0.05) is 6.07 Å². The molecule has 1 aliphatic heterocycles. The molecule has 0 atom stereocenters. The number of hydrogen-bond acceptors (Lipinski definition) is 2. The van der Waals surface area contributed by atoms with E-state index in [-0.39, 0.29) is 12.0 Å². The number of hydrogen-bond donors (Lipinski definition) is 2. The topological polar surface area (TPSA) is 56.3 Å². The average Bonchev–Trinajstić information content (AvgIpc) is 2.80.